The van der Waals surface area contributed by atoms with Gasteiger partial charge in [-0.1, -0.05) is 0 Å². The molecule has 1 aromatic rings. The number of methoxy groups -OCH3 is 2. The van der Waals surface area contributed by atoms with E-state index in [1.54, 1.807) is 14.2 Å². The van der Waals surface area contributed by atoms with Crippen LogP contribution in [-0.2, 0) is 22.6 Å². The average molecular weight is 282 g/mol. The molecule has 114 valence electrons. The Labute approximate surface area is 121 Å². The fourth-order valence-electron chi connectivity index (χ4n) is 2.08. The second kappa shape index (κ2) is 8.42. The van der Waals surface area contributed by atoms with E-state index in [0.29, 0.717) is 0 Å². The molecule has 0 atom stereocenters. The molecule has 0 saturated heterocycles. The highest BCUT2D eigenvalue weighted by Gasteiger charge is 2.20. The second-order valence-electron chi connectivity index (χ2n) is 5.34. The van der Waals surface area contributed by atoms with Crippen LogP contribution in [0.2, 0.25) is 0 Å². The van der Waals surface area contributed by atoms with Gasteiger partial charge in [0.1, 0.15) is 5.76 Å². The summed E-state index contributed by atoms with van der Waals surface area (Å²) in [5.74, 6) is 1.00. The highest BCUT2D eigenvalue weighted by Crippen LogP contribution is 2.20. The van der Waals surface area contributed by atoms with Crippen molar-refractivity contribution < 1.29 is 13.9 Å². The van der Waals surface area contributed by atoms with Gasteiger partial charge in [-0.25, -0.2) is 0 Å². The first-order valence-corrected chi connectivity index (χ1v) is 7.31. The molecule has 1 aliphatic carbocycles. The van der Waals surface area contributed by atoms with E-state index in [1.807, 2.05) is 6.26 Å². The van der Waals surface area contributed by atoms with Crippen LogP contribution in [0.4, 0.5) is 0 Å². The summed E-state index contributed by atoms with van der Waals surface area (Å²) in [5, 5.41) is 3.49. The number of rotatable bonds is 11. The summed E-state index contributed by atoms with van der Waals surface area (Å²) in [6.45, 7) is 4.92. The topological polar surface area (TPSA) is 46.9 Å². The van der Waals surface area contributed by atoms with E-state index in [0.717, 1.165) is 51.2 Å². The van der Waals surface area contributed by atoms with Gasteiger partial charge in [-0.05, 0) is 18.9 Å². The molecule has 0 spiro atoms. The molecular formula is C15H26N2O3. The summed E-state index contributed by atoms with van der Waals surface area (Å²) in [6.07, 6.45) is 4.48. The molecule has 0 aliphatic heterocycles. The Morgan fingerprint density at radius 1 is 1.25 bits per heavy atom. The molecule has 1 heterocycles. The zero-order valence-electron chi connectivity index (χ0n) is 12.6. The molecule has 1 fully saturated rings. The van der Waals surface area contributed by atoms with Gasteiger partial charge in [0.15, 0.2) is 0 Å². The summed E-state index contributed by atoms with van der Waals surface area (Å²) >= 11 is 0. The molecule has 5 nitrogen and oxygen atoms in total. The molecule has 20 heavy (non-hydrogen) atoms. The highest BCUT2D eigenvalue weighted by molar-refractivity contribution is 5.13. The monoisotopic (exact) mass is 282 g/mol. The first-order chi connectivity index (χ1) is 9.81. The maximum Gasteiger partial charge on any atom is 0.118 e. The molecule has 1 aliphatic rings. The lowest BCUT2D eigenvalue weighted by atomic mass is 10.3. The van der Waals surface area contributed by atoms with Crippen molar-refractivity contribution >= 4 is 0 Å². The van der Waals surface area contributed by atoms with Crippen molar-refractivity contribution in [2.45, 2.75) is 32.0 Å². The largest absolute Gasteiger partial charge is 0.468 e. The van der Waals surface area contributed by atoms with E-state index < -0.39 is 0 Å². The number of nitrogens with one attached hydrogen (secondary N) is 1. The van der Waals surface area contributed by atoms with Crippen molar-refractivity contribution in [3.8, 4) is 0 Å². The molecule has 0 unspecified atom stereocenters. The Bertz CT molecular complexity index is 369. The lowest BCUT2D eigenvalue weighted by Gasteiger charge is -2.20. The molecule has 2 rings (SSSR count). The van der Waals surface area contributed by atoms with Gasteiger partial charge in [0.05, 0.1) is 26.0 Å². The van der Waals surface area contributed by atoms with Gasteiger partial charge in [0.2, 0.25) is 0 Å². The Morgan fingerprint density at radius 2 is 1.95 bits per heavy atom. The van der Waals surface area contributed by atoms with Gasteiger partial charge in [0, 0.05) is 45.5 Å². The van der Waals surface area contributed by atoms with Gasteiger partial charge < -0.3 is 19.2 Å². The van der Waals surface area contributed by atoms with Crippen molar-refractivity contribution in [2.24, 2.45) is 0 Å². The Morgan fingerprint density at radius 3 is 2.55 bits per heavy atom. The zero-order valence-corrected chi connectivity index (χ0v) is 12.6. The smallest absolute Gasteiger partial charge is 0.118 e. The number of nitrogens with zero attached hydrogens (tertiary/aromatic N) is 1. The van der Waals surface area contributed by atoms with Gasteiger partial charge in [-0.2, -0.15) is 0 Å². The molecule has 1 aromatic heterocycles. The maximum atomic E-state index is 5.64. The summed E-state index contributed by atoms with van der Waals surface area (Å²) in [5.41, 5.74) is 1.23. The Kier molecular flexibility index (Phi) is 6.53. The van der Waals surface area contributed by atoms with Crippen LogP contribution in [0.5, 0.6) is 0 Å². The van der Waals surface area contributed by atoms with Crippen molar-refractivity contribution in [3.05, 3.63) is 23.7 Å². The van der Waals surface area contributed by atoms with Crippen molar-refractivity contribution in [2.75, 3.05) is 40.5 Å². The van der Waals surface area contributed by atoms with Crippen molar-refractivity contribution in [3.63, 3.8) is 0 Å². The fourth-order valence-corrected chi connectivity index (χ4v) is 2.08. The number of hydrogen-bond donors (Lipinski definition) is 1. The Hall–Kier alpha value is -0.880. The second-order valence-corrected chi connectivity index (χ2v) is 5.34. The van der Waals surface area contributed by atoms with Gasteiger partial charge >= 0.3 is 0 Å². The lowest BCUT2D eigenvalue weighted by Crippen LogP contribution is -2.30. The van der Waals surface area contributed by atoms with Gasteiger partial charge in [0.25, 0.3) is 0 Å². The molecule has 1 N–H and O–H groups in total. The maximum absolute atomic E-state index is 5.64. The van der Waals surface area contributed by atoms with Gasteiger partial charge in [-0.3, -0.25) is 4.90 Å². The van der Waals surface area contributed by atoms with Crippen LogP contribution in [-0.4, -0.2) is 51.5 Å². The summed E-state index contributed by atoms with van der Waals surface area (Å²) in [6, 6.07) is 2.87. The van der Waals surface area contributed by atoms with Crippen LogP contribution < -0.4 is 5.32 Å². The quantitative estimate of drug-likeness (QED) is 0.668. The molecule has 1 saturated carbocycles. The summed E-state index contributed by atoms with van der Waals surface area (Å²) in [4.78, 5) is 2.28. The molecule has 0 radical (unpaired) electrons. The molecular weight excluding hydrogens is 256 g/mol. The van der Waals surface area contributed by atoms with Crippen molar-refractivity contribution in [1.29, 1.82) is 0 Å². The third kappa shape index (κ3) is 5.63. The van der Waals surface area contributed by atoms with Crippen LogP contribution in [0.3, 0.4) is 0 Å². The molecule has 0 bridgehead atoms. The van der Waals surface area contributed by atoms with E-state index in [2.05, 4.69) is 16.3 Å². The predicted octanol–water partition coefficient (Wildman–Crippen LogP) is 1.63. The molecule has 5 heteroatoms. The van der Waals surface area contributed by atoms with Crippen LogP contribution in [0, 0.1) is 0 Å². The first-order valence-electron chi connectivity index (χ1n) is 7.31. The number of furan rings is 1. The summed E-state index contributed by atoms with van der Waals surface area (Å²) < 4.78 is 15.9. The van der Waals surface area contributed by atoms with E-state index in [9.17, 15) is 0 Å². The van der Waals surface area contributed by atoms with E-state index in [-0.39, 0.29) is 0 Å². The zero-order chi connectivity index (χ0) is 14.2. The third-order valence-electron chi connectivity index (χ3n) is 3.48. The average Bonchev–Trinajstić information content (AvgIpc) is 3.19. The number of ether oxygens (including phenoxy) is 2. The molecule has 0 aromatic carbocycles. The standard InChI is InChI=1S/C15H26N2O3/c1-18-7-5-17(6-8-19-2)11-15-9-13(12-20-15)10-16-14-3-4-14/h9,12,14,16H,3-8,10-11H2,1-2H3. The number of hydrogen-bond acceptors (Lipinski definition) is 5. The minimum absolute atomic E-state index is 0.723. The fraction of sp³-hybridized carbons (Fsp3) is 0.733. The third-order valence-corrected chi connectivity index (χ3v) is 3.48. The van der Waals surface area contributed by atoms with Crippen LogP contribution in [0.1, 0.15) is 24.2 Å². The van der Waals surface area contributed by atoms with Gasteiger partial charge in [-0.15, -0.1) is 0 Å². The minimum atomic E-state index is 0.723. The summed E-state index contributed by atoms with van der Waals surface area (Å²) in [7, 11) is 3.45. The van der Waals surface area contributed by atoms with Crippen LogP contribution in [0.25, 0.3) is 0 Å². The predicted molar refractivity (Wildman–Crippen MR) is 77.6 cm³/mol. The lowest BCUT2D eigenvalue weighted by molar-refractivity contribution is 0.106. The Balaban J connectivity index is 1.77. The SMILES string of the molecule is COCCN(CCOC)Cc1cc(CNC2CC2)co1. The van der Waals surface area contributed by atoms with E-state index in [4.69, 9.17) is 13.9 Å². The van der Waals surface area contributed by atoms with Crippen LogP contribution in [0.15, 0.2) is 16.7 Å². The first kappa shape index (κ1) is 15.5. The van der Waals surface area contributed by atoms with E-state index in [1.165, 1.54) is 18.4 Å². The highest BCUT2D eigenvalue weighted by atomic mass is 16.5. The van der Waals surface area contributed by atoms with Crippen molar-refractivity contribution in [1.82, 2.24) is 10.2 Å². The minimum Gasteiger partial charge on any atom is -0.468 e. The normalized spacial score (nSPS) is 15.2. The van der Waals surface area contributed by atoms with E-state index >= 15 is 0 Å². The molecule has 0 amide bonds. The van der Waals surface area contributed by atoms with Crippen LogP contribution >= 0.6 is 0 Å².